The van der Waals surface area contributed by atoms with Crippen LogP contribution >= 0.6 is 23.3 Å². The molecule has 0 aliphatic carbocycles. The van der Waals surface area contributed by atoms with Gasteiger partial charge in [0.2, 0.25) is 0 Å². The van der Waals surface area contributed by atoms with Crippen LogP contribution in [-0.4, -0.2) is 31.9 Å². The van der Waals surface area contributed by atoms with E-state index < -0.39 is 23.8 Å². The molecule has 0 aliphatic rings. The molecule has 0 spiro atoms. The van der Waals surface area contributed by atoms with Crippen molar-refractivity contribution in [1.29, 1.82) is 0 Å². The first-order valence-corrected chi connectivity index (χ1v) is 6.26. The summed E-state index contributed by atoms with van der Waals surface area (Å²) in [4.78, 5) is 14.2. The first-order chi connectivity index (χ1) is 7.82. The third kappa shape index (κ3) is 4.50. The molecule has 0 saturated heterocycles. The van der Waals surface area contributed by atoms with Crippen LogP contribution in [0.3, 0.4) is 0 Å². The third-order valence-electron chi connectivity index (χ3n) is 1.73. The Morgan fingerprint density at radius 1 is 1.59 bits per heavy atom. The van der Waals surface area contributed by atoms with Gasteiger partial charge in [0.15, 0.2) is 4.34 Å². The van der Waals surface area contributed by atoms with E-state index in [1.807, 2.05) is 0 Å². The lowest BCUT2D eigenvalue weighted by atomic mass is 10.3. The van der Waals surface area contributed by atoms with Crippen molar-refractivity contribution in [3.8, 4) is 0 Å². The number of carboxylic acids is 1. The van der Waals surface area contributed by atoms with E-state index in [4.69, 9.17) is 5.11 Å². The first-order valence-electron chi connectivity index (χ1n) is 4.60. The van der Waals surface area contributed by atoms with Crippen LogP contribution < -0.4 is 0 Å². The van der Waals surface area contributed by atoms with Crippen LogP contribution in [0.4, 0.5) is 13.2 Å². The second kappa shape index (κ2) is 5.67. The number of halogens is 3. The molecule has 1 unspecified atom stereocenters. The van der Waals surface area contributed by atoms with Gasteiger partial charge in [0, 0.05) is 6.42 Å². The Balaban J connectivity index is 2.75. The largest absolute Gasteiger partial charge is 0.481 e. The van der Waals surface area contributed by atoms with Gasteiger partial charge in [-0.15, -0.1) is 0 Å². The van der Waals surface area contributed by atoms with Crippen LogP contribution in [0, 0.1) is 0 Å². The minimum Gasteiger partial charge on any atom is -0.481 e. The minimum absolute atomic E-state index is 0.144. The van der Waals surface area contributed by atoms with Gasteiger partial charge < -0.3 is 5.11 Å². The Labute approximate surface area is 103 Å². The van der Waals surface area contributed by atoms with E-state index in [9.17, 15) is 18.0 Å². The Kier molecular flexibility index (Phi) is 4.75. The molecular formula is C8H9F3N2O2S2. The number of rotatable bonds is 5. The van der Waals surface area contributed by atoms with Gasteiger partial charge in [0.25, 0.3) is 0 Å². The number of carbonyl (C=O) groups is 1. The van der Waals surface area contributed by atoms with Crippen molar-refractivity contribution in [2.45, 2.75) is 35.5 Å². The second-order valence-corrected chi connectivity index (χ2v) is 5.28. The van der Waals surface area contributed by atoms with Crippen LogP contribution in [0.25, 0.3) is 0 Å². The summed E-state index contributed by atoms with van der Waals surface area (Å²) in [6.45, 7) is 1.79. The van der Waals surface area contributed by atoms with Crippen molar-refractivity contribution in [1.82, 2.24) is 9.36 Å². The van der Waals surface area contributed by atoms with Gasteiger partial charge in [-0.3, -0.25) is 4.79 Å². The molecule has 0 bridgehead atoms. The molecule has 1 atom stereocenters. The lowest BCUT2D eigenvalue weighted by molar-refractivity contribution is -0.149. The van der Waals surface area contributed by atoms with Crippen molar-refractivity contribution >= 4 is 29.3 Å². The molecule has 0 aliphatic heterocycles. The highest BCUT2D eigenvalue weighted by Crippen LogP contribution is 2.37. The molecule has 96 valence electrons. The van der Waals surface area contributed by atoms with E-state index in [1.54, 1.807) is 6.92 Å². The Hall–Kier alpha value is -0.830. The van der Waals surface area contributed by atoms with Crippen LogP contribution in [0.1, 0.15) is 19.2 Å². The molecule has 0 radical (unpaired) electrons. The highest BCUT2D eigenvalue weighted by molar-refractivity contribution is 8.01. The lowest BCUT2D eigenvalue weighted by Gasteiger charge is -2.15. The van der Waals surface area contributed by atoms with Gasteiger partial charge in [-0.05, 0) is 11.5 Å². The standard InChI is InChI=1S/C8H9F3N2O2S2/c1-2-5-12-7(17-13-5)16-4(3-6(14)15)8(9,10)11/h4H,2-3H2,1H3,(H,14,15). The maximum atomic E-state index is 12.5. The molecule has 1 aromatic rings. The van der Waals surface area contributed by atoms with Crippen LogP contribution in [0.2, 0.25) is 0 Å². The number of nitrogens with zero attached hydrogens (tertiary/aromatic N) is 2. The van der Waals surface area contributed by atoms with E-state index in [0.29, 0.717) is 24.0 Å². The molecule has 1 rings (SSSR count). The zero-order valence-corrected chi connectivity index (χ0v) is 10.3. The van der Waals surface area contributed by atoms with E-state index >= 15 is 0 Å². The summed E-state index contributed by atoms with van der Waals surface area (Å²) < 4.78 is 41.6. The van der Waals surface area contributed by atoms with E-state index in [0.717, 1.165) is 11.5 Å². The summed E-state index contributed by atoms with van der Waals surface area (Å²) >= 11 is 1.25. The molecule has 0 saturated carbocycles. The average molecular weight is 286 g/mol. The number of thioether (sulfide) groups is 1. The van der Waals surface area contributed by atoms with Gasteiger partial charge in [-0.1, -0.05) is 18.7 Å². The highest BCUT2D eigenvalue weighted by Gasteiger charge is 2.42. The Morgan fingerprint density at radius 3 is 2.65 bits per heavy atom. The Morgan fingerprint density at radius 2 is 2.24 bits per heavy atom. The number of alkyl halides is 3. The summed E-state index contributed by atoms with van der Waals surface area (Å²) in [6, 6.07) is 0. The number of hydrogen-bond acceptors (Lipinski definition) is 5. The maximum Gasteiger partial charge on any atom is 0.401 e. The number of hydrogen-bond donors (Lipinski definition) is 1. The van der Waals surface area contributed by atoms with Crippen molar-refractivity contribution < 1.29 is 23.1 Å². The molecule has 1 heterocycles. The zero-order valence-electron chi connectivity index (χ0n) is 8.69. The van der Waals surface area contributed by atoms with Crippen LogP contribution in [0.5, 0.6) is 0 Å². The van der Waals surface area contributed by atoms with Gasteiger partial charge in [-0.2, -0.15) is 17.5 Å². The second-order valence-electron chi connectivity index (χ2n) is 3.08. The summed E-state index contributed by atoms with van der Waals surface area (Å²) in [5.74, 6) is -1.02. The summed E-state index contributed by atoms with van der Waals surface area (Å²) in [5, 5.41) is 6.44. The zero-order chi connectivity index (χ0) is 13.1. The molecule has 0 amide bonds. The van der Waals surface area contributed by atoms with E-state index in [-0.39, 0.29) is 4.34 Å². The predicted molar refractivity (Wildman–Crippen MR) is 57.2 cm³/mol. The van der Waals surface area contributed by atoms with Crippen molar-refractivity contribution in [2.75, 3.05) is 0 Å². The van der Waals surface area contributed by atoms with Crippen LogP contribution in [0.15, 0.2) is 4.34 Å². The molecule has 9 heteroatoms. The van der Waals surface area contributed by atoms with Gasteiger partial charge in [0.1, 0.15) is 11.1 Å². The van der Waals surface area contributed by atoms with Gasteiger partial charge >= 0.3 is 12.1 Å². The van der Waals surface area contributed by atoms with Crippen molar-refractivity contribution in [2.24, 2.45) is 0 Å². The van der Waals surface area contributed by atoms with Gasteiger partial charge in [0.05, 0.1) is 6.42 Å². The monoisotopic (exact) mass is 286 g/mol. The lowest BCUT2D eigenvalue weighted by Crippen LogP contribution is -2.28. The number of aromatic nitrogens is 2. The van der Waals surface area contributed by atoms with E-state index in [2.05, 4.69) is 9.36 Å². The fourth-order valence-corrected chi connectivity index (χ4v) is 2.83. The summed E-state index contributed by atoms with van der Waals surface area (Å²) in [6.07, 6.45) is -5.01. The summed E-state index contributed by atoms with van der Waals surface area (Å²) in [5.41, 5.74) is 0. The van der Waals surface area contributed by atoms with Crippen LogP contribution in [-0.2, 0) is 11.2 Å². The number of carboxylic acid groups (broad SMARTS) is 1. The third-order valence-corrected chi connectivity index (χ3v) is 3.81. The number of aliphatic carboxylic acids is 1. The van der Waals surface area contributed by atoms with Crippen molar-refractivity contribution in [3.05, 3.63) is 5.82 Å². The topological polar surface area (TPSA) is 63.1 Å². The molecule has 1 aromatic heterocycles. The molecular weight excluding hydrogens is 277 g/mol. The first kappa shape index (κ1) is 14.2. The molecule has 17 heavy (non-hydrogen) atoms. The molecule has 1 N–H and O–H groups in total. The van der Waals surface area contributed by atoms with Gasteiger partial charge in [-0.25, -0.2) is 4.98 Å². The normalized spacial score (nSPS) is 13.6. The fraction of sp³-hybridized carbons (Fsp3) is 0.625. The molecule has 4 nitrogen and oxygen atoms in total. The predicted octanol–water partition coefficient (Wildman–Crippen LogP) is 2.60. The molecule has 0 aromatic carbocycles. The Bertz CT molecular complexity index is 394. The SMILES string of the molecule is CCc1nsc(SC(CC(=O)O)C(F)(F)F)n1. The number of aryl methyl sites for hydroxylation is 1. The summed E-state index contributed by atoms with van der Waals surface area (Å²) in [7, 11) is 0. The molecule has 0 fully saturated rings. The maximum absolute atomic E-state index is 12.5. The fourth-order valence-electron chi connectivity index (χ4n) is 0.934. The quantitative estimate of drug-likeness (QED) is 0.843. The highest BCUT2D eigenvalue weighted by atomic mass is 32.2. The average Bonchev–Trinajstić information content (AvgIpc) is 2.62. The van der Waals surface area contributed by atoms with E-state index in [1.165, 1.54) is 0 Å². The van der Waals surface area contributed by atoms with Crippen molar-refractivity contribution in [3.63, 3.8) is 0 Å². The smallest absolute Gasteiger partial charge is 0.401 e. The minimum atomic E-state index is -4.57.